The van der Waals surface area contributed by atoms with Crippen molar-refractivity contribution in [2.24, 2.45) is 0 Å². The summed E-state index contributed by atoms with van der Waals surface area (Å²) in [7, 11) is 1.54. The Morgan fingerprint density at radius 3 is 2.57 bits per heavy atom. The van der Waals surface area contributed by atoms with Gasteiger partial charge in [-0.25, -0.2) is 4.98 Å². The van der Waals surface area contributed by atoms with Gasteiger partial charge < -0.3 is 19.3 Å². The number of ether oxygens (including phenoxy) is 2. The predicted octanol–water partition coefficient (Wildman–Crippen LogP) is 5.47. The number of aryl methyl sites for hydroxylation is 2. The smallest absolute Gasteiger partial charge is 0.255 e. The lowest BCUT2D eigenvalue weighted by Gasteiger charge is -2.13. The van der Waals surface area contributed by atoms with Crippen LogP contribution in [0.25, 0.3) is 16.7 Å². The standard InChI is InChI=1S/C27H24N4O4/c1-17-22(18(2)35-30-17)15-34-25-13-8-19(14-26(25)33-3)27(32)29-20-9-11-21(12-10-20)31-16-28-23-6-4-5-7-24(23)31/h4-14,16H,15H2,1-3H3,(H,29,32). The zero-order valence-electron chi connectivity index (χ0n) is 19.6. The van der Waals surface area contributed by atoms with Gasteiger partial charge in [0, 0.05) is 16.9 Å². The third-order valence-electron chi connectivity index (χ3n) is 5.84. The van der Waals surface area contributed by atoms with E-state index in [0.717, 1.165) is 28.0 Å². The minimum atomic E-state index is -0.249. The molecule has 5 aromatic rings. The minimum Gasteiger partial charge on any atom is -0.493 e. The number of amides is 1. The van der Waals surface area contributed by atoms with Gasteiger partial charge in [-0.05, 0) is 68.4 Å². The van der Waals surface area contributed by atoms with Crippen LogP contribution in [0.15, 0.2) is 77.6 Å². The van der Waals surface area contributed by atoms with Crippen LogP contribution in [0.3, 0.4) is 0 Å². The number of aromatic nitrogens is 3. The van der Waals surface area contributed by atoms with E-state index in [2.05, 4.69) is 15.5 Å². The van der Waals surface area contributed by atoms with Gasteiger partial charge in [-0.2, -0.15) is 0 Å². The Kier molecular flexibility index (Phi) is 5.93. The Morgan fingerprint density at radius 2 is 1.83 bits per heavy atom. The Morgan fingerprint density at radius 1 is 1.03 bits per heavy atom. The number of anilines is 1. The molecule has 0 spiro atoms. The fourth-order valence-corrected chi connectivity index (χ4v) is 3.86. The van der Waals surface area contributed by atoms with E-state index in [1.165, 1.54) is 7.11 Å². The maximum Gasteiger partial charge on any atom is 0.255 e. The lowest BCUT2D eigenvalue weighted by atomic mass is 10.1. The van der Waals surface area contributed by atoms with Gasteiger partial charge in [-0.3, -0.25) is 9.36 Å². The van der Waals surface area contributed by atoms with Gasteiger partial charge >= 0.3 is 0 Å². The molecule has 3 aromatic carbocycles. The summed E-state index contributed by atoms with van der Waals surface area (Å²) in [6, 6.07) is 20.6. The van der Waals surface area contributed by atoms with Crippen molar-refractivity contribution < 1.29 is 18.8 Å². The van der Waals surface area contributed by atoms with Crippen molar-refractivity contribution in [1.82, 2.24) is 14.7 Å². The predicted molar refractivity (Wildman–Crippen MR) is 132 cm³/mol. The molecule has 0 atom stereocenters. The number of imidazole rings is 1. The first-order valence-electron chi connectivity index (χ1n) is 11.1. The van der Waals surface area contributed by atoms with Crippen LogP contribution in [0.5, 0.6) is 11.5 Å². The summed E-state index contributed by atoms with van der Waals surface area (Å²) in [5, 5.41) is 6.86. The fraction of sp³-hybridized carbons (Fsp3) is 0.148. The number of hydrogen-bond donors (Lipinski definition) is 1. The number of rotatable bonds is 7. The van der Waals surface area contributed by atoms with Gasteiger partial charge in [0.2, 0.25) is 0 Å². The molecule has 1 amide bonds. The molecule has 0 unspecified atom stereocenters. The number of hydrogen-bond acceptors (Lipinski definition) is 6. The summed E-state index contributed by atoms with van der Waals surface area (Å²) in [5.74, 6) is 1.46. The molecule has 0 bridgehead atoms. The molecule has 0 fully saturated rings. The van der Waals surface area contributed by atoms with Crippen molar-refractivity contribution in [3.8, 4) is 17.2 Å². The number of carbonyl (C=O) groups excluding carboxylic acids is 1. The molecule has 2 aromatic heterocycles. The minimum absolute atomic E-state index is 0.249. The Hall–Kier alpha value is -4.59. The van der Waals surface area contributed by atoms with Crippen LogP contribution in [-0.2, 0) is 6.61 Å². The maximum absolute atomic E-state index is 12.9. The van der Waals surface area contributed by atoms with E-state index in [1.54, 1.807) is 24.5 Å². The lowest BCUT2D eigenvalue weighted by Crippen LogP contribution is -2.12. The summed E-state index contributed by atoms with van der Waals surface area (Å²) < 4.78 is 18.5. The van der Waals surface area contributed by atoms with Gasteiger partial charge in [0.1, 0.15) is 18.7 Å². The zero-order chi connectivity index (χ0) is 24.4. The molecule has 8 nitrogen and oxygen atoms in total. The molecule has 8 heteroatoms. The Bertz CT molecular complexity index is 1480. The molecule has 1 N–H and O–H groups in total. The monoisotopic (exact) mass is 468 g/mol. The number of methoxy groups -OCH3 is 1. The normalized spacial score (nSPS) is 10.9. The van der Waals surface area contributed by atoms with Gasteiger partial charge in [-0.1, -0.05) is 17.3 Å². The van der Waals surface area contributed by atoms with E-state index in [9.17, 15) is 4.79 Å². The molecular formula is C27H24N4O4. The molecule has 0 saturated carbocycles. The van der Waals surface area contributed by atoms with Crippen molar-refractivity contribution in [1.29, 1.82) is 0 Å². The number of nitrogens with one attached hydrogen (secondary N) is 1. The van der Waals surface area contributed by atoms with E-state index in [4.69, 9.17) is 14.0 Å². The topological polar surface area (TPSA) is 91.4 Å². The van der Waals surface area contributed by atoms with Crippen molar-refractivity contribution in [2.45, 2.75) is 20.5 Å². The van der Waals surface area contributed by atoms with Crippen molar-refractivity contribution >= 4 is 22.6 Å². The van der Waals surface area contributed by atoms with Gasteiger partial charge in [0.15, 0.2) is 11.5 Å². The first-order valence-corrected chi connectivity index (χ1v) is 11.1. The molecule has 0 saturated heterocycles. The number of nitrogens with zero attached hydrogens (tertiary/aromatic N) is 3. The zero-order valence-corrected chi connectivity index (χ0v) is 19.6. The summed E-state index contributed by atoms with van der Waals surface area (Å²) in [6.45, 7) is 4.00. The van der Waals surface area contributed by atoms with Crippen molar-refractivity contribution in [3.63, 3.8) is 0 Å². The second-order valence-electron chi connectivity index (χ2n) is 8.06. The molecule has 0 aliphatic heterocycles. The van der Waals surface area contributed by atoms with Crippen molar-refractivity contribution in [3.05, 3.63) is 95.6 Å². The quantitative estimate of drug-likeness (QED) is 0.341. The third kappa shape index (κ3) is 4.46. The highest BCUT2D eigenvalue weighted by molar-refractivity contribution is 6.04. The highest BCUT2D eigenvalue weighted by Gasteiger charge is 2.15. The van der Waals surface area contributed by atoms with Crippen LogP contribution in [0.1, 0.15) is 27.4 Å². The van der Waals surface area contributed by atoms with E-state index in [0.29, 0.717) is 35.1 Å². The van der Waals surface area contributed by atoms with Gasteiger partial charge in [0.05, 0.1) is 29.4 Å². The number of benzene rings is 3. The van der Waals surface area contributed by atoms with Crippen LogP contribution < -0.4 is 14.8 Å². The molecule has 0 aliphatic rings. The summed E-state index contributed by atoms with van der Waals surface area (Å²) in [4.78, 5) is 17.3. The van der Waals surface area contributed by atoms with Crippen LogP contribution >= 0.6 is 0 Å². The van der Waals surface area contributed by atoms with E-state index in [-0.39, 0.29) is 5.91 Å². The first kappa shape index (κ1) is 22.2. The fourth-order valence-electron chi connectivity index (χ4n) is 3.86. The summed E-state index contributed by atoms with van der Waals surface area (Å²) in [6.07, 6.45) is 1.79. The molecule has 35 heavy (non-hydrogen) atoms. The van der Waals surface area contributed by atoms with Crippen LogP contribution in [0, 0.1) is 13.8 Å². The SMILES string of the molecule is COc1cc(C(=O)Nc2ccc(-n3cnc4ccccc43)cc2)ccc1OCc1c(C)noc1C. The number of fused-ring (bicyclic) bond motifs is 1. The molecule has 0 aliphatic carbocycles. The molecule has 176 valence electrons. The molecule has 2 heterocycles. The van der Waals surface area contributed by atoms with E-state index >= 15 is 0 Å². The number of carbonyl (C=O) groups is 1. The lowest BCUT2D eigenvalue weighted by molar-refractivity contribution is 0.102. The van der Waals surface area contributed by atoms with Gasteiger partial charge in [0.25, 0.3) is 5.91 Å². The third-order valence-corrected chi connectivity index (χ3v) is 5.84. The highest BCUT2D eigenvalue weighted by atomic mass is 16.5. The number of para-hydroxylation sites is 2. The van der Waals surface area contributed by atoms with E-state index < -0.39 is 0 Å². The van der Waals surface area contributed by atoms with E-state index in [1.807, 2.05) is 66.9 Å². The largest absolute Gasteiger partial charge is 0.493 e. The molecule has 0 radical (unpaired) electrons. The van der Waals surface area contributed by atoms with Crippen LogP contribution in [-0.4, -0.2) is 27.7 Å². The van der Waals surface area contributed by atoms with Crippen molar-refractivity contribution in [2.75, 3.05) is 12.4 Å². The second-order valence-corrected chi connectivity index (χ2v) is 8.06. The Balaban J connectivity index is 1.28. The van der Waals surface area contributed by atoms with Gasteiger partial charge in [-0.15, -0.1) is 0 Å². The summed E-state index contributed by atoms with van der Waals surface area (Å²) >= 11 is 0. The average Bonchev–Trinajstić information content (AvgIpc) is 3.46. The molecule has 5 rings (SSSR count). The average molecular weight is 469 g/mol. The first-order chi connectivity index (χ1) is 17.0. The summed E-state index contributed by atoms with van der Waals surface area (Å²) in [5.41, 5.74) is 5.71. The highest BCUT2D eigenvalue weighted by Crippen LogP contribution is 2.30. The van der Waals surface area contributed by atoms with Crippen LogP contribution in [0.2, 0.25) is 0 Å². The van der Waals surface area contributed by atoms with Crippen LogP contribution in [0.4, 0.5) is 5.69 Å². The Labute approximate surface area is 202 Å². The molecular weight excluding hydrogens is 444 g/mol. The second kappa shape index (κ2) is 9.34. The maximum atomic E-state index is 12.9.